The second-order valence-electron chi connectivity index (χ2n) is 4.94. The molecule has 0 bridgehead atoms. The predicted octanol–water partition coefficient (Wildman–Crippen LogP) is 3.81. The highest BCUT2D eigenvalue weighted by Gasteiger charge is 2.12. The van der Waals surface area contributed by atoms with Crippen LogP contribution in [0.3, 0.4) is 0 Å². The minimum absolute atomic E-state index is 0.282. The zero-order valence-corrected chi connectivity index (χ0v) is 11.4. The standard InChI is InChI=1S/C17H17N3/c1-12(13-5-3-2-4-6-13)15-8-7-14(11-16(15)18)17-9-10-19-20-17/h2-12H,18H2,1H3,(H,19,20). The van der Waals surface area contributed by atoms with Gasteiger partial charge in [-0.3, -0.25) is 5.10 Å². The zero-order chi connectivity index (χ0) is 13.9. The highest BCUT2D eigenvalue weighted by atomic mass is 15.1. The molecule has 0 amide bonds. The van der Waals surface area contributed by atoms with E-state index in [1.165, 1.54) is 5.56 Å². The number of aromatic nitrogens is 2. The molecule has 0 radical (unpaired) electrons. The summed E-state index contributed by atoms with van der Waals surface area (Å²) in [6.45, 7) is 2.18. The van der Waals surface area contributed by atoms with Crippen LogP contribution in [0.5, 0.6) is 0 Å². The van der Waals surface area contributed by atoms with Gasteiger partial charge < -0.3 is 5.73 Å². The Balaban J connectivity index is 1.96. The number of nitrogens with zero attached hydrogens (tertiary/aromatic N) is 1. The van der Waals surface area contributed by atoms with E-state index in [0.29, 0.717) is 0 Å². The average Bonchev–Trinajstić information content (AvgIpc) is 3.01. The fourth-order valence-corrected chi connectivity index (χ4v) is 2.47. The van der Waals surface area contributed by atoms with Gasteiger partial charge in [0.1, 0.15) is 0 Å². The number of rotatable bonds is 3. The monoisotopic (exact) mass is 263 g/mol. The van der Waals surface area contributed by atoms with Gasteiger partial charge in [-0.15, -0.1) is 0 Å². The molecule has 100 valence electrons. The second-order valence-corrected chi connectivity index (χ2v) is 4.94. The van der Waals surface area contributed by atoms with Gasteiger partial charge in [0.25, 0.3) is 0 Å². The van der Waals surface area contributed by atoms with Crippen molar-refractivity contribution in [1.29, 1.82) is 0 Å². The summed E-state index contributed by atoms with van der Waals surface area (Å²) in [5, 5.41) is 7.00. The van der Waals surface area contributed by atoms with Gasteiger partial charge in [0.15, 0.2) is 0 Å². The van der Waals surface area contributed by atoms with Crippen LogP contribution < -0.4 is 5.73 Å². The maximum absolute atomic E-state index is 6.23. The number of H-pyrrole nitrogens is 1. The van der Waals surface area contributed by atoms with E-state index < -0.39 is 0 Å². The highest BCUT2D eigenvalue weighted by molar-refractivity contribution is 5.67. The first-order valence-electron chi connectivity index (χ1n) is 6.70. The smallest absolute Gasteiger partial charge is 0.0921 e. The number of aromatic amines is 1. The molecule has 1 atom stereocenters. The number of benzene rings is 2. The van der Waals surface area contributed by atoms with Gasteiger partial charge in [0.2, 0.25) is 0 Å². The summed E-state index contributed by atoms with van der Waals surface area (Å²) in [6.07, 6.45) is 1.81. The molecule has 3 heteroatoms. The Morgan fingerprint density at radius 3 is 2.50 bits per heavy atom. The van der Waals surface area contributed by atoms with Crippen LogP contribution in [-0.2, 0) is 0 Å². The Kier molecular flexibility index (Phi) is 3.25. The van der Waals surface area contributed by atoms with Crippen LogP contribution >= 0.6 is 0 Å². The van der Waals surface area contributed by atoms with E-state index in [9.17, 15) is 0 Å². The summed E-state index contributed by atoms with van der Waals surface area (Å²) in [6, 6.07) is 18.5. The van der Waals surface area contributed by atoms with E-state index in [4.69, 9.17) is 5.73 Å². The summed E-state index contributed by atoms with van der Waals surface area (Å²) >= 11 is 0. The van der Waals surface area contributed by atoms with Crippen LogP contribution in [0, 0.1) is 0 Å². The first-order valence-corrected chi connectivity index (χ1v) is 6.70. The van der Waals surface area contributed by atoms with Crippen LogP contribution in [0.2, 0.25) is 0 Å². The van der Waals surface area contributed by atoms with Crippen LogP contribution in [0.15, 0.2) is 60.8 Å². The number of nitrogens with one attached hydrogen (secondary N) is 1. The molecule has 1 aromatic heterocycles. The predicted molar refractivity (Wildman–Crippen MR) is 82.4 cm³/mol. The molecule has 3 nitrogen and oxygen atoms in total. The van der Waals surface area contributed by atoms with Crippen molar-refractivity contribution in [3.05, 3.63) is 71.9 Å². The Hall–Kier alpha value is -2.55. The van der Waals surface area contributed by atoms with Crippen LogP contribution in [0.1, 0.15) is 24.0 Å². The van der Waals surface area contributed by atoms with E-state index in [0.717, 1.165) is 22.5 Å². The lowest BCUT2D eigenvalue weighted by Crippen LogP contribution is -2.01. The largest absolute Gasteiger partial charge is 0.398 e. The quantitative estimate of drug-likeness (QED) is 0.706. The van der Waals surface area contributed by atoms with Gasteiger partial charge in [-0.05, 0) is 23.3 Å². The molecule has 3 rings (SSSR count). The van der Waals surface area contributed by atoms with Crippen LogP contribution in [0.4, 0.5) is 5.69 Å². The highest BCUT2D eigenvalue weighted by Crippen LogP contribution is 2.31. The van der Waals surface area contributed by atoms with Gasteiger partial charge in [-0.1, -0.05) is 49.4 Å². The first kappa shape index (κ1) is 12.5. The van der Waals surface area contributed by atoms with Gasteiger partial charge in [-0.25, -0.2) is 0 Å². The third kappa shape index (κ3) is 2.30. The average molecular weight is 263 g/mol. The third-order valence-corrected chi connectivity index (χ3v) is 3.65. The van der Waals surface area contributed by atoms with Crippen molar-refractivity contribution in [1.82, 2.24) is 10.2 Å². The van der Waals surface area contributed by atoms with Crippen molar-refractivity contribution in [2.24, 2.45) is 0 Å². The molecule has 0 aliphatic carbocycles. The summed E-state index contributed by atoms with van der Waals surface area (Å²) in [4.78, 5) is 0. The molecular formula is C17H17N3. The SMILES string of the molecule is CC(c1ccccc1)c1ccc(-c2cc[nH]n2)cc1N. The van der Waals surface area contributed by atoms with Crippen molar-refractivity contribution in [3.8, 4) is 11.3 Å². The third-order valence-electron chi connectivity index (χ3n) is 3.65. The minimum atomic E-state index is 0.282. The number of hydrogen-bond acceptors (Lipinski definition) is 2. The summed E-state index contributed by atoms with van der Waals surface area (Å²) in [7, 11) is 0. The molecule has 20 heavy (non-hydrogen) atoms. The topological polar surface area (TPSA) is 54.7 Å². The fourth-order valence-electron chi connectivity index (χ4n) is 2.47. The van der Waals surface area contributed by atoms with Gasteiger partial charge in [-0.2, -0.15) is 5.10 Å². The molecule has 0 aliphatic rings. The fraction of sp³-hybridized carbons (Fsp3) is 0.118. The van der Waals surface area contributed by atoms with Gasteiger partial charge >= 0.3 is 0 Å². The molecular weight excluding hydrogens is 246 g/mol. The van der Waals surface area contributed by atoms with E-state index >= 15 is 0 Å². The normalized spacial score (nSPS) is 12.2. The minimum Gasteiger partial charge on any atom is -0.398 e. The van der Waals surface area contributed by atoms with E-state index in [1.807, 2.05) is 24.4 Å². The number of nitrogen functional groups attached to an aromatic ring is 1. The molecule has 0 aliphatic heterocycles. The molecule has 1 unspecified atom stereocenters. The lowest BCUT2D eigenvalue weighted by molar-refractivity contribution is 0.926. The van der Waals surface area contributed by atoms with Gasteiger partial charge in [0.05, 0.1) is 5.69 Å². The molecule has 0 saturated heterocycles. The molecule has 0 spiro atoms. The van der Waals surface area contributed by atoms with Crippen molar-refractivity contribution in [2.75, 3.05) is 5.73 Å². The summed E-state index contributed by atoms with van der Waals surface area (Å²) < 4.78 is 0. The lowest BCUT2D eigenvalue weighted by atomic mass is 9.91. The molecule has 2 aromatic carbocycles. The van der Waals surface area contributed by atoms with Gasteiger partial charge in [0, 0.05) is 23.4 Å². The Morgan fingerprint density at radius 2 is 1.85 bits per heavy atom. The Morgan fingerprint density at radius 1 is 1.05 bits per heavy atom. The van der Waals surface area contributed by atoms with Crippen molar-refractivity contribution < 1.29 is 0 Å². The number of nitrogens with two attached hydrogens (primary N) is 1. The summed E-state index contributed by atoms with van der Waals surface area (Å²) in [5.41, 5.74) is 11.4. The zero-order valence-electron chi connectivity index (χ0n) is 11.4. The molecule has 0 fully saturated rings. The molecule has 1 heterocycles. The number of hydrogen-bond donors (Lipinski definition) is 2. The Labute approximate surface area is 118 Å². The first-order chi connectivity index (χ1) is 9.75. The molecule has 3 aromatic rings. The van der Waals surface area contributed by atoms with E-state index in [-0.39, 0.29) is 5.92 Å². The van der Waals surface area contributed by atoms with Crippen molar-refractivity contribution in [2.45, 2.75) is 12.8 Å². The van der Waals surface area contributed by atoms with E-state index in [1.54, 1.807) is 0 Å². The molecule has 0 saturated carbocycles. The van der Waals surface area contributed by atoms with Crippen LogP contribution in [-0.4, -0.2) is 10.2 Å². The maximum Gasteiger partial charge on any atom is 0.0921 e. The number of anilines is 1. The summed E-state index contributed by atoms with van der Waals surface area (Å²) in [5.74, 6) is 0.282. The van der Waals surface area contributed by atoms with Crippen LogP contribution in [0.25, 0.3) is 11.3 Å². The lowest BCUT2D eigenvalue weighted by Gasteiger charge is -2.15. The second kappa shape index (κ2) is 5.21. The van der Waals surface area contributed by atoms with Crippen molar-refractivity contribution in [3.63, 3.8) is 0 Å². The molecule has 3 N–H and O–H groups in total. The Bertz CT molecular complexity index is 688. The maximum atomic E-state index is 6.23. The van der Waals surface area contributed by atoms with E-state index in [2.05, 4.69) is 53.5 Å². The van der Waals surface area contributed by atoms with Crippen molar-refractivity contribution >= 4 is 5.69 Å².